The third-order valence-corrected chi connectivity index (χ3v) is 0.825. The molecular weight excluding hydrogens is 152 g/mol. The van der Waals surface area contributed by atoms with Crippen LogP contribution in [0.5, 0.6) is 0 Å². The van der Waals surface area contributed by atoms with E-state index in [1.165, 1.54) is 0 Å². The molecule has 0 aromatic rings. The molecule has 0 aliphatic heterocycles. The molecule has 2 nitrogen and oxygen atoms in total. The van der Waals surface area contributed by atoms with Gasteiger partial charge >= 0.3 is 5.97 Å². The van der Waals surface area contributed by atoms with Crippen LogP contribution >= 0.6 is 11.6 Å². The number of esters is 1. The van der Waals surface area contributed by atoms with Gasteiger partial charge in [-0.15, -0.1) is 0 Å². The van der Waals surface area contributed by atoms with Crippen LogP contribution in [0, 0.1) is 0 Å². The molecule has 0 radical (unpaired) electrons. The van der Waals surface area contributed by atoms with Gasteiger partial charge in [0.2, 0.25) is 0 Å². The van der Waals surface area contributed by atoms with Gasteiger partial charge in [-0.05, 0) is 12.5 Å². The summed E-state index contributed by atoms with van der Waals surface area (Å²) in [5.74, 6) is -0.593. The maximum Gasteiger partial charge on any atom is 0.349 e. The second-order valence-electron chi connectivity index (χ2n) is 1.94. The highest BCUT2D eigenvalue weighted by Crippen LogP contribution is 2.00. The van der Waals surface area contributed by atoms with Crippen LogP contribution < -0.4 is 0 Å². The van der Waals surface area contributed by atoms with Crippen LogP contribution in [0.4, 0.5) is 0 Å². The molecular formula is C7H9ClO2. The minimum atomic E-state index is -0.593. The van der Waals surface area contributed by atoms with Crippen LogP contribution in [0.15, 0.2) is 23.8 Å². The lowest BCUT2D eigenvalue weighted by molar-refractivity contribution is -0.137. The molecule has 0 saturated carbocycles. The molecule has 0 bridgehead atoms. The van der Waals surface area contributed by atoms with Crippen molar-refractivity contribution in [2.45, 2.75) is 6.92 Å². The zero-order valence-corrected chi connectivity index (χ0v) is 6.57. The van der Waals surface area contributed by atoms with E-state index in [4.69, 9.17) is 11.6 Å². The third-order valence-electron chi connectivity index (χ3n) is 0.671. The van der Waals surface area contributed by atoms with Crippen LogP contribution in [0.2, 0.25) is 0 Å². The number of ether oxygens (including phenoxy) is 1. The molecule has 0 aromatic carbocycles. The standard InChI is InChI=1S/C7H9ClO2/c1-5(2)4-10-7(9)6(3)8/h1,3-4H2,2H3. The summed E-state index contributed by atoms with van der Waals surface area (Å²) < 4.78 is 4.59. The Kier molecular flexibility index (Phi) is 3.81. The average Bonchev–Trinajstić information content (AvgIpc) is 1.82. The van der Waals surface area contributed by atoms with Crippen molar-refractivity contribution in [3.8, 4) is 0 Å². The first-order valence-electron chi connectivity index (χ1n) is 2.70. The van der Waals surface area contributed by atoms with Crippen molar-refractivity contribution in [2.24, 2.45) is 0 Å². The van der Waals surface area contributed by atoms with Crippen molar-refractivity contribution < 1.29 is 9.53 Å². The van der Waals surface area contributed by atoms with Crippen molar-refractivity contribution >= 4 is 17.6 Å². The summed E-state index contributed by atoms with van der Waals surface area (Å²) in [7, 11) is 0. The van der Waals surface area contributed by atoms with E-state index >= 15 is 0 Å². The minimum Gasteiger partial charge on any atom is -0.457 e. The Hall–Kier alpha value is -0.760. The molecule has 56 valence electrons. The Morgan fingerprint density at radius 1 is 1.60 bits per heavy atom. The Morgan fingerprint density at radius 3 is 2.40 bits per heavy atom. The van der Waals surface area contributed by atoms with Crippen molar-refractivity contribution in [3.05, 3.63) is 23.8 Å². The van der Waals surface area contributed by atoms with Crippen molar-refractivity contribution in [3.63, 3.8) is 0 Å². The van der Waals surface area contributed by atoms with Gasteiger partial charge in [0, 0.05) is 0 Å². The molecule has 0 aliphatic carbocycles. The normalized spacial score (nSPS) is 8.60. The third kappa shape index (κ3) is 4.15. The lowest BCUT2D eigenvalue weighted by Crippen LogP contribution is -2.05. The van der Waals surface area contributed by atoms with Crippen LogP contribution in [-0.4, -0.2) is 12.6 Å². The van der Waals surface area contributed by atoms with E-state index in [0.29, 0.717) is 0 Å². The van der Waals surface area contributed by atoms with Gasteiger partial charge in [-0.25, -0.2) is 4.79 Å². The first-order valence-corrected chi connectivity index (χ1v) is 3.07. The van der Waals surface area contributed by atoms with E-state index in [9.17, 15) is 4.79 Å². The van der Waals surface area contributed by atoms with Gasteiger partial charge in [0.05, 0.1) is 0 Å². The molecule has 0 unspecified atom stereocenters. The summed E-state index contributed by atoms with van der Waals surface area (Å²) in [4.78, 5) is 10.6. The maximum atomic E-state index is 10.6. The number of carbonyl (C=O) groups excluding carboxylic acids is 1. The fraction of sp³-hybridized carbons (Fsp3) is 0.286. The molecule has 0 amide bonds. The number of carbonyl (C=O) groups is 1. The lowest BCUT2D eigenvalue weighted by atomic mass is 10.4. The first-order chi connectivity index (χ1) is 4.54. The smallest absolute Gasteiger partial charge is 0.349 e. The molecule has 0 saturated heterocycles. The fourth-order valence-corrected chi connectivity index (χ4v) is 0.322. The maximum absolute atomic E-state index is 10.6. The molecule has 3 heteroatoms. The summed E-state index contributed by atoms with van der Waals surface area (Å²) in [5, 5.41) is -0.110. The number of hydrogen-bond donors (Lipinski definition) is 0. The van der Waals surface area contributed by atoms with E-state index in [2.05, 4.69) is 17.9 Å². The van der Waals surface area contributed by atoms with Gasteiger partial charge in [0.15, 0.2) is 0 Å². The predicted octanol–water partition coefficient (Wildman–Crippen LogP) is 1.86. The molecule has 10 heavy (non-hydrogen) atoms. The van der Waals surface area contributed by atoms with Crippen LogP contribution in [-0.2, 0) is 9.53 Å². The largest absolute Gasteiger partial charge is 0.457 e. The van der Waals surface area contributed by atoms with Gasteiger partial charge in [-0.1, -0.05) is 24.8 Å². The predicted molar refractivity (Wildman–Crippen MR) is 40.8 cm³/mol. The second-order valence-corrected chi connectivity index (χ2v) is 2.39. The zero-order chi connectivity index (χ0) is 8.15. The van der Waals surface area contributed by atoms with E-state index in [0.717, 1.165) is 5.57 Å². The molecule has 0 rings (SSSR count). The Labute approximate surface area is 65.1 Å². The van der Waals surface area contributed by atoms with Crippen molar-refractivity contribution in [2.75, 3.05) is 6.61 Å². The molecule has 0 spiro atoms. The Morgan fingerprint density at radius 2 is 2.10 bits per heavy atom. The molecule has 0 N–H and O–H groups in total. The number of rotatable bonds is 3. The highest BCUT2D eigenvalue weighted by atomic mass is 35.5. The molecule has 0 fully saturated rings. The van der Waals surface area contributed by atoms with E-state index in [1.54, 1.807) is 6.92 Å². The second kappa shape index (κ2) is 4.12. The van der Waals surface area contributed by atoms with Gasteiger partial charge in [-0.2, -0.15) is 0 Å². The summed E-state index contributed by atoms with van der Waals surface area (Å²) in [6.07, 6.45) is 0. The monoisotopic (exact) mass is 160 g/mol. The zero-order valence-electron chi connectivity index (χ0n) is 5.82. The van der Waals surface area contributed by atoms with Crippen LogP contribution in [0.25, 0.3) is 0 Å². The topological polar surface area (TPSA) is 26.3 Å². The number of halogens is 1. The summed E-state index contributed by atoms with van der Waals surface area (Å²) in [5.41, 5.74) is 0.770. The van der Waals surface area contributed by atoms with Crippen molar-refractivity contribution in [1.82, 2.24) is 0 Å². The summed E-state index contributed by atoms with van der Waals surface area (Å²) in [6.45, 7) is 8.68. The quantitative estimate of drug-likeness (QED) is 0.358. The highest BCUT2D eigenvalue weighted by molar-refractivity contribution is 6.40. The minimum absolute atomic E-state index is 0.110. The molecule has 0 heterocycles. The van der Waals surface area contributed by atoms with E-state index in [-0.39, 0.29) is 11.6 Å². The van der Waals surface area contributed by atoms with E-state index in [1.807, 2.05) is 0 Å². The molecule has 0 aliphatic rings. The van der Waals surface area contributed by atoms with E-state index < -0.39 is 5.97 Å². The molecule has 0 aromatic heterocycles. The van der Waals surface area contributed by atoms with Crippen molar-refractivity contribution in [1.29, 1.82) is 0 Å². The van der Waals surface area contributed by atoms with Gasteiger partial charge in [-0.3, -0.25) is 0 Å². The van der Waals surface area contributed by atoms with Crippen LogP contribution in [0.3, 0.4) is 0 Å². The summed E-state index contributed by atoms with van der Waals surface area (Å²) in [6, 6.07) is 0. The number of hydrogen-bond acceptors (Lipinski definition) is 2. The Bertz CT molecular complexity index is 172. The highest BCUT2D eigenvalue weighted by Gasteiger charge is 2.03. The Balaban J connectivity index is 3.60. The molecule has 0 atom stereocenters. The van der Waals surface area contributed by atoms with Gasteiger partial charge < -0.3 is 4.74 Å². The van der Waals surface area contributed by atoms with Gasteiger partial charge in [0.25, 0.3) is 0 Å². The average molecular weight is 161 g/mol. The van der Waals surface area contributed by atoms with Gasteiger partial charge in [0.1, 0.15) is 11.6 Å². The fourth-order valence-electron chi connectivity index (χ4n) is 0.267. The first kappa shape index (κ1) is 9.24. The lowest BCUT2D eigenvalue weighted by Gasteiger charge is -2.00. The summed E-state index contributed by atoms with van der Waals surface area (Å²) >= 11 is 5.21. The van der Waals surface area contributed by atoms with Crippen LogP contribution in [0.1, 0.15) is 6.92 Å². The SMILES string of the molecule is C=C(C)COC(=O)C(=C)Cl.